The van der Waals surface area contributed by atoms with Crippen LogP contribution in [-0.2, 0) is 4.79 Å². The van der Waals surface area contributed by atoms with Crippen molar-refractivity contribution in [2.75, 3.05) is 46.4 Å². The van der Waals surface area contributed by atoms with Crippen LogP contribution in [0.15, 0.2) is 36.4 Å². The Bertz CT molecular complexity index is 650. The number of rotatable bonds is 6. The average Bonchev–Trinajstić information content (AvgIpc) is 3.30. The van der Waals surface area contributed by atoms with Crippen molar-refractivity contribution in [3.8, 4) is 11.5 Å². The molecular formula is C21H28N2O3. The van der Waals surface area contributed by atoms with E-state index in [9.17, 15) is 4.79 Å². The molecule has 1 amide bonds. The second-order valence-electron chi connectivity index (χ2n) is 7.69. The zero-order valence-electron chi connectivity index (χ0n) is 15.5. The maximum atomic E-state index is 12.4. The van der Waals surface area contributed by atoms with Gasteiger partial charge < -0.3 is 14.4 Å². The molecule has 5 heteroatoms. The molecule has 3 aliphatic rings. The fourth-order valence-electron chi connectivity index (χ4n) is 4.52. The molecule has 1 aliphatic heterocycles. The minimum absolute atomic E-state index is 0.0725. The number of benzene rings is 1. The van der Waals surface area contributed by atoms with E-state index >= 15 is 0 Å². The number of nitrogens with zero attached hydrogens (tertiary/aromatic N) is 2. The number of hydrogen-bond acceptors (Lipinski definition) is 4. The SMILES string of the molecule is COc1ccc(OCC(=O)N2CCN(C[C@@H]3C[C@H]4C=C[C@@H]3C4)CC2)cc1. The van der Waals surface area contributed by atoms with Crippen molar-refractivity contribution in [1.29, 1.82) is 0 Å². The summed E-state index contributed by atoms with van der Waals surface area (Å²) < 4.78 is 10.7. The van der Waals surface area contributed by atoms with Crippen molar-refractivity contribution in [3.05, 3.63) is 36.4 Å². The van der Waals surface area contributed by atoms with E-state index in [1.807, 2.05) is 29.2 Å². The molecule has 0 radical (unpaired) electrons. The van der Waals surface area contributed by atoms with Gasteiger partial charge in [-0.1, -0.05) is 12.2 Å². The second-order valence-corrected chi connectivity index (χ2v) is 7.69. The van der Waals surface area contributed by atoms with Crippen molar-refractivity contribution in [3.63, 3.8) is 0 Å². The van der Waals surface area contributed by atoms with Gasteiger partial charge in [0.05, 0.1) is 7.11 Å². The summed E-state index contributed by atoms with van der Waals surface area (Å²) in [5.74, 6) is 4.02. The van der Waals surface area contributed by atoms with Crippen molar-refractivity contribution in [2.45, 2.75) is 12.8 Å². The maximum absolute atomic E-state index is 12.4. The van der Waals surface area contributed by atoms with E-state index in [1.165, 1.54) is 19.4 Å². The topological polar surface area (TPSA) is 42.0 Å². The normalized spacial score (nSPS) is 27.7. The minimum atomic E-state index is 0.0725. The smallest absolute Gasteiger partial charge is 0.260 e. The molecule has 140 valence electrons. The van der Waals surface area contributed by atoms with Crippen LogP contribution in [-0.4, -0.2) is 62.1 Å². The molecule has 26 heavy (non-hydrogen) atoms. The van der Waals surface area contributed by atoms with E-state index in [2.05, 4.69) is 17.1 Å². The summed E-state index contributed by atoms with van der Waals surface area (Å²) in [5.41, 5.74) is 0. The highest BCUT2D eigenvalue weighted by Gasteiger charge is 2.36. The highest BCUT2D eigenvalue weighted by molar-refractivity contribution is 5.77. The first-order valence-electron chi connectivity index (χ1n) is 9.66. The third-order valence-electron chi connectivity index (χ3n) is 6.06. The van der Waals surface area contributed by atoms with Crippen LogP contribution in [0.4, 0.5) is 0 Å². The molecule has 0 N–H and O–H groups in total. The Morgan fingerprint density at radius 1 is 1.04 bits per heavy atom. The number of piperazine rings is 1. The van der Waals surface area contributed by atoms with Gasteiger partial charge in [0.1, 0.15) is 11.5 Å². The fraction of sp³-hybridized carbons (Fsp3) is 0.571. The van der Waals surface area contributed by atoms with E-state index in [-0.39, 0.29) is 12.5 Å². The summed E-state index contributed by atoms with van der Waals surface area (Å²) in [4.78, 5) is 16.9. The predicted octanol–water partition coefficient (Wildman–Crippen LogP) is 2.43. The Kier molecular flexibility index (Phi) is 5.16. The lowest BCUT2D eigenvalue weighted by molar-refractivity contribution is -0.135. The summed E-state index contributed by atoms with van der Waals surface area (Å²) in [6.45, 7) is 4.86. The lowest BCUT2D eigenvalue weighted by atomic mass is 9.93. The molecule has 2 fully saturated rings. The summed E-state index contributed by atoms with van der Waals surface area (Å²) in [5, 5.41) is 0. The van der Waals surface area contributed by atoms with Gasteiger partial charge in [-0.25, -0.2) is 0 Å². The largest absolute Gasteiger partial charge is 0.497 e. The summed E-state index contributed by atoms with van der Waals surface area (Å²) >= 11 is 0. The van der Waals surface area contributed by atoms with Gasteiger partial charge in [-0.15, -0.1) is 0 Å². The van der Waals surface area contributed by atoms with Crippen LogP contribution < -0.4 is 9.47 Å². The zero-order chi connectivity index (χ0) is 17.9. The number of methoxy groups -OCH3 is 1. The first-order valence-corrected chi connectivity index (χ1v) is 9.66. The molecule has 4 rings (SSSR count). The van der Waals surface area contributed by atoms with Crippen LogP contribution >= 0.6 is 0 Å². The number of carbonyl (C=O) groups excluding carboxylic acids is 1. The van der Waals surface area contributed by atoms with Gasteiger partial charge in [-0.05, 0) is 54.9 Å². The zero-order valence-corrected chi connectivity index (χ0v) is 15.5. The van der Waals surface area contributed by atoms with Gasteiger partial charge in [0.15, 0.2) is 6.61 Å². The Labute approximate surface area is 155 Å². The van der Waals surface area contributed by atoms with Crippen molar-refractivity contribution < 1.29 is 14.3 Å². The number of fused-ring (bicyclic) bond motifs is 2. The minimum Gasteiger partial charge on any atom is -0.497 e. The van der Waals surface area contributed by atoms with Crippen molar-refractivity contribution in [2.24, 2.45) is 17.8 Å². The Morgan fingerprint density at radius 3 is 2.38 bits per heavy atom. The van der Waals surface area contributed by atoms with Crippen LogP contribution in [0.5, 0.6) is 11.5 Å². The van der Waals surface area contributed by atoms with Gasteiger partial charge in [-0.3, -0.25) is 9.69 Å². The Morgan fingerprint density at radius 2 is 1.77 bits per heavy atom. The van der Waals surface area contributed by atoms with Crippen molar-refractivity contribution in [1.82, 2.24) is 9.80 Å². The van der Waals surface area contributed by atoms with Gasteiger partial charge in [0, 0.05) is 32.7 Å². The molecular weight excluding hydrogens is 328 g/mol. The molecule has 5 nitrogen and oxygen atoms in total. The number of hydrogen-bond donors (Lipinski definition) is 0. The monoisotopic (exact) mass is 356 g/mol. The highest BCUT2D eigenvalue weighted by atomic mass is 16.5. The molecule has 3 atom stereocenters. The molecule has 1 heterocycles. The summed E-state index contributed by atoms with van der Waals surface area (Å²) in [7, 11) is 1.63. The molecule has 1 aromatic rings. The van der Waals surface area contributed by atoms with E-state index in [0.717, 1.165) is 49.7 Å². The Balaban J connectivity index is 1.19. The lowest BCUT2D eigenvalue weighted by Crippen LogP contribution is -2.51. The number of allylic oxidation sites excluding steroid dienone is 2. The summed E-state index contributed by atoms with van der Waals surface area (Å²) in [6.07, 6.45) is 7.55. The molecule has 1 saturated carbocycles. The average molecular weight is 356 g/mol. The van der Waals surface area contributed by atoms with Crippen molar-refractivity contribution >= 4 is 5.91 Å². The van der Waals surface area contributed by atoms with Crippen LogP contribution in [0, 0.1) is 17.8 Å². The quantitative estimate of drug-likeness (QED) is 0.734. The van der Waals surface area contributed by atoms with E-state index in [4.69, 9.17) is 9.47 Å². The fourth-order valence-corrected chi connectivity index (χ4v) is 4.52. The molecule has 1 saturated heterocycles. The van der Waals surface area contributed by atoms with E-state index in [0.29, 0.717) is 5.75 Å². The lowest BCUT2D eigenvalue weighted by Gasteiger charge is -2.36. The van der Waals surface area contributed by atoms with Crippen LogP contribution in [0.3, 0.4) is 0 Å². The first-order chi connectivity index (χ1) is 12.7. The van der Waals surface area contributed by atoms with Gasteiger partial charge in [0.2, 0.25) is 0 Å². The third-order valence-corrected chi connectivity index (χ3v) is 6.06. The predicted molar refractivity (Wildman–Crippen MR) is 100 cm³/mol. The molecule has 2 bridgehead atoms. The number of carbonyl (C=O) groups is 1. The van der Waals surface area contributed by atoms with Gasteiger partial charge >= 0.3 is 0 Å². The van der Waals surface area contributed by atoms with Gasteiger partial charge in [0.25, 0.3) is 5.91 Å². The molecule has 0 aromatic heterocycles. The Hall–Kier alpha value is -2.01. The molecule has 0 unspecified atom stereocenters. The number of amides is 1. The van der Waals surface area contributed by atoms with E-state index in [1.54, 1.807) is 7.11 Å². The molecule has 2 aliphatic carbocycles. The van der Waals surface area contributed by atoms with Crippen LogP contribution in [0.25, 0.3) is 0 Å². The maximum Gasteiger partial charge on any atom is 0.260 e. The molecule has 1 aromatic carbocycles. The standard InChI is InChI=1S/C21H28N2O3/c1-25-19-4-6-20(7-5-19)26-15-21(24)23-10-8-22(9-11-23)14-18-13-16-2-3-17(18)12-16/h2-7,16-18H,8-15H2,1H3/t16-,17+,18-/m0/s1. The van der Waals surface area contributed by atoms with Crippen LogP contribution in [0.2, 0.25) is 0 Å². The highest BCUT2D eigenvalue weighted by Crippen LogP contribution is 2.43. The van der Waals surface area contributed by atoms with E-state index < -0.39 is 0 Å². The first kappa shape index (κ1) is 17.4. The third kappa shape index (κ3) is 3.88. The molecule has 0 spiro atoms. The van der Waals surface area contributed by atoms with Crippen LogP contribution in [0.1, 0.15) is 12.8 Å². The number of ether oxygens (including phenoxy) is 2. The second kappa shape index (κ2) is 7.70. The summed E-state index contributed by atoms with van der Waals surface area (Å²) in [6, 6.07) is 7.33. The van der Waals surface area contributed by atoms with Gasteiger partial charge in [-0.2, -0.15) is 0 Å².